The molecule has 2 amide bonds. The van der Waals surface area contributed by atoms with Gasteiger partial charge in [-0.05, 0) is 51.2 Å². The Morgan fingerprint density at radius 1 is 1.32 bits per heavy atom. The van der Waals surface area contributed by atoms with E-state index < -0.39 is 35.0 Å². The number of rotatable bonds is 6. The monoisotopic (exact) mass is 455 g/mol. The number of ether oxygens (including phenoxy) is 1. The normalized spacial score (nSPS) is 34.4. The van der Waals surface area contributed by atoms with Crippen LogP contribution in [0.1, 0.15) is 45.4 Å². The van der Waals surface area contributed by atoms with E-state index in [2.05, 4.69) is 16.1 Å². The molecule has 1 aliphatic heterocycles. The van der Waals surface area contributed by atoms with Crippen LogP contribution < -0.4 is 20.9 Å². The second-order valence-corrected chi connectivity index (χ2v) is 9.33. The summed E-state index contributed by atoms with van der Waals surface area (Å²) in [6, 6.07) is 4.07. The second-order valence-electron chi connectivity index (χ2n) is 8.92. The van der Waals surface area contributed by atoms with Gasteiger partial charge < -0.3 is 20.5 Å². The zero-order valence-electron chi connectivity index (χ0n) is 17.2. The van der Waals surface area contributed by atoms with Crippen molar-refractivity contribution in [2.75, 3.05) is 6.61 Å². The molecule has 3 saturated carbocycles. The summed E-state index contributed by atoms with van der Waals surface area (Å²) in [5, 5.41) is 16.8. The topological polar surface area (TPSA) is 109 Å². The lowest BCUT2D eigenvalue weighted by Gasteiger charge is -2.56. The fraction of sp³-hybridized carbons (Fsp3) is 0.619. The number of nitrogens with one attached hydrogen (secondary N) is 3. The van der Waals surface area contributed by atoms with E-state index in [1.165, 1.54) is 12.1 Å². The Morgan fingerprint density at radius 2 is 2.06 bits per heavy atom. The van der Waals surface area contributed by atoms with Crippen molar-refractivity contribution < 1.29 is 28.7 Å². The Kier molecular flexibility index (Phi) is 6.13. The minimum absolute atomic E-state index is 0.0240. The molecule has 4 aliphatic rings. The Labute approximate surface area is 184 Å². The molecular formula is C21H27ClFN3O5. The summed E-state index contributed by atoms with van der Waals surface area (Å²) in [7, 11) is 0. The zero-order valence-corrected chi connectivity index (χ0v) is 18.0. The summed E-state index contributed by atoms with van der Waals surface area (Å²) in [6.07, 6.45) is 1.99. The van der Waals surface area contributed by atoms with Gasteiger partial charge in [-0.3, -0.25) is 14.4 Å². The van der Waals surface area contributed by atoms with E-state index in [0.29, 0.717) is 38.5 Å². The molecule has 4 N–H and O–H groups in total. The molecule has 1 saturated heterocycles. The van der Waals surface area contributed by atoms with Crippen LogP contribution in [0.15, 0.2) is 18.2 Å². The molecule has 0 radical (unpaired) electrons. The molecule has 5 rings (SSSR count). The van der Waals surface area contributed by atoms with Crippen LogP contribution >= 0.6 is 11.6 Å². The summed E-state index contributed by atoms with van der Waals surface area (Å²) in [4.78, 5) is 30.4. The molecule has 0 spiro atoms. The van der Waals surface area contributed by atoms with E-state index in [1.807, 2.05) is 6.92 Å². The fourth-order valence-corrected chi connectivity index (χ4v) is 4.93. The van der Waals surface area contributed by atoms with E-state index in [9.17, 15) is 19.1 Å². The maximum Gasteiger partial charge on any atom is 0.258 e. The van der Waals surface area contributed by atoms with Gasteiger partial charge in [0.05, 0.1) is 16.7 Å². The third-order valence-corrected chi connectivity index (χ3v) is 6.94. The highest BCUT2D eigenvalue weighted by molar-refractivity contribution is 6.30. The maximum atomic E-state index is 13.5. The Hall–Kier alpha value is -1.94. The van der Waals surface area contributed by atoms with Crippen LogP contribution in [0, 0.1) is 5.82 Å². The van der Waals surface area contributed by atoms with Crippen molar-refractivity contribution in [1.82, 2.24) is 16.1 Å². The van der Waals surface area contributed by atoms with E-state index in [0.717, 1.165) is 6.07 Å². The predicted molar refractivity (Wildman–Crippen MR) is 110 cm³/mol. The molecule has 0 aromatic heterocycles. The molecule has 3 aliphatic carbocycles. The first-order valence-corrected chi connectivity index (χ1v) is 10.9. The quantitative estimate of drug-likeness (QED) is 0.518. The van der Waals surface area contributed by atoms with E-state index in [4.69, 9.17) is 21.2 Å². The first-order valence-electron chi connectivity index (χ1n) is 10.5. The molecular weight excluding hydrogens is 429 g/mol. The van der Waals surface area contributed by atoms with Crippen LogP contribution in [0.2, 0.25) is 5.02 Å². The largest absolute Gasteiger partial charge is 0.484 e. The first-order chi connectivity index (χ1) is 14.7. The average molecular weight is 456 g/mol. The van der Waals surface area contributed by atoms with Gasteiger partial charge in [0.25, 0.3) is 11.8 Å². The third kappa shape index (κ3) is 4.64. The van der Waals surface area contributed by atoms with E-state index in [1.54, 1.807) is 0 Å². The molecule has 170 valence electrons. The van der Waals surface area contributed by atoms with Gasteiger partial charge in [-0.25, -0.2) is 4.39 Å². The minimum Gasteiger partial charge on any atom is -0.484 e. The Balaban J connectivity index is 1.31. The SMILES string of the molecule is CC1CC(C(=O)NC23CCC(NC(=O)COc4ccc(Cl)c(F)c4)(CC2)[C@@H](O)C3)ON1. The number of amides is 2. The average Bonchev–Trinajstić information content (AvgIpc) is 3.17. The number of fused-ring (bicyclic) bond motifs is 3. The summed E-state index contributed by atoms with van der Waals surface area (Å²) < 4.78 is 18.9. The van der Waals surface area contributed by atoms with Crippen LogP contribution in [0.5, 0.6) is 5.75 Å². The van der Waals surface area contributed by atoms with Gasteiger partial charge in [0.2, 0.25) is 0 Å². The minimum atomic E-state index is -0.797. The molecule has 2 bridgehead atoms. The van der Waals surface area contributed by atoms with Gasteiger partial charge in [0.15, 0.2) is 12.7 Å². The number of carbonyl (C=O) groups is 2. The lowest BCUT2D eigenvalue weighted by molar-refractivity contribution is -0.142. The number of hydrogen-bond acceptors (Lipinski definition) is 6. The molecule has 8 nitrogen and oxygen atoms in total. The van der Waals surface area contributed by atoms with Crippen molar-refractivity contribution in [2.45, 2.75) is 74.8 Å². The number of hydroxylamine groups is 1. The third-order valence-electron chi connectivity index (χ3n) is 6.63. The van der Waals surface area contributed by atoms with Crippen molar-refractivity contribution in [2.24, 2.45) is 0 Å². The smallest absolute Gasteiger partial charge is 0.258 e. The molecule has 31 heavy (non-hydrogen) atoms. The molecule has 4 fully saturated rings. The zero-order chi connectivity index (χ0) is 22.2. The summed E-state index contributed by atoms with van der Waals surface area (Å²) in [6.45, 7) is 1.64. The predicted octanol–water partition coefficient (Wildman–Crippen LogP) is 1.59. The Bertz CT molecular complexity index is 861. The highest BCUT2D eigenvalue weighted by atomic mass is 35.5. The van der Waals surface area contributed by atoms with E-state index >= 15 is 0 Å². The molecule has 2 unspecified atom stereocenters. The van der Waals surface area contributed by atoms with Gasteiger partial charge >= 0.3 is 0 Å². The summed E-state index contributed by atoms with van der Waals surface area (Å²) >= 11 is 5.64. The first kappa shape index (κ1) is 22.3. The van der Waals surface area contributed by atoms with Crippen molar-refractivity contribution in [3.05, 3.63) is 29.0 Å². The number of aliphatic hydroxyl groups is 1. The second kappa shape index (κ2) is 8.54. The molecule has 3 atom stereocenters. The van der Waals surface area contributed by atoms with Crippen LogP contribution in [0.4, 0.5) is 4.39 Å². The summed E-state index contributed by atoms with van der Waals surface area (Å²) in [5.41, 5.74) is 1.55. The van der Waals surface area contributed by atoms with Gasteiger partial charge in [-0.1, -0.05) is 11.6 Å². The highest BCUT2D eigenvalue weighted by Crippen LogP contribution is 2.47. The number of benzene rings is 1. The maximum absolute atomic E-state index is 13.5. The van der Waals surface area contributed by atoms with Crippen molar-refractivity contribution in [1.29, 1.82) is 0 Å². The summed E-state index contributed by atoms with van der Waals surface area (Å²) in [5.74, 6) is -1.000. The highest BCUT2D eigenvalue weighted by Gasteiger charge is 2.55. The Morgan fingerprint density at radius 3 is 2.68 bits per heavy atom. The molecule has 10 heteroatoms. The van der Waals surface area contributed by atoms with Gasteiger partial charge in [-0.2, -0.15) is 5.48 Å². The van der Waals surface area contributed by atoms with Crippen molar-refractivity contribution in [3.63, 3.8) is 0 Å². The van der Waals surface area contributed by atoms with Crippen molar-refractivity contribution >= 4 is 23.4 Å². The van der Waals surface area contributed by atoms with Crippen LogP contribution in [-0.2, 0) is 14.4 Å². The van der Waals surface area contributed by atoms with Crippen LogP contribution in [-0.4, -0.2) is 52.9 Å². The van der Waals surface area contributed by atoms with Crippen molar-refractivity contribution in [3.8, 4) is 5.75 Å². The molecule has 1 heterocycles. The van der Waals surface area contributed by atoms with Gasteiger partial charge in [0, 0.05) is 24.1 Å². The number of hydrogen-bond donors (Lipinski definition) is 4. The molecule has 1 aromatic carbocycles. The fourth-order valence-electron chi connectivity index (χ4n) is 4.81. The van der Waals surface area contributed by atoms with Crippen LogP contribution in [0.3, 0.4) is 0 Å². The molecule has 1 aromatic rings. The number of carbonyl (C=O) groups excluding carboxylic acids is 2. The number of halogens is 2. The number of aliphatic hydroxyl groups excluding tert-OH is 1. The van der Waals surface area contributed by atoms with Crippen LogP contribution in [0.25, 0.3) is 0 Å². The van der Waals surface area contributed by atoms with Gasteiger partial charge in [-0.15, -0.1) is 0 Å². The van der Waals surface area contributed by atoms with Gasteiger partial charge in [0.1, 0.15) is 11.6 Å². The lowest BCUT2D eigenvalue weighted by atomic mass is 9.60. The van der Waals surface area contributed by atoms with E-state index in [-0.39, 0.29) is 29.3 Å². The lowest BCUT2D eigenvalue weighted by Crippen LogP contribution is -2.70. The standard InChI is InChI=1S/C21H27ClFN3O5/c1-12-8-16(31-26-12)19(29)25-20-4-6-21(7-5-20,17(27)10-20)24-18(28)11-30-13-2-3-14(22)15(23)9-13/h2-3,9,12,16-17,26-27H,4-8,10-11H2,1H3,(H,24,28)(H,25,29)/t12?,16?,17-,20?,21?/m0/s1.